The molecule has 0 aromatic heterocycles. The highest BCUT2D eigenvalue weighted by Crippen LogP contribution is 2.27. The number of nitro groups is 1. The summed E-state index contributed by atoms with van der Waals surface area (Å²) in [7, 11) is 0. The fourth-order valence-corrected chi connectivity index (χ4v) is 2.32. The lowest BCUT2D eigenvalue weighted by Crippen LogP contribution is -2.26. The lowest BCUT2D eigenvalue weighted by atomic mass is 10.2. The van der Waals surface area contributed by atoms with Crippen molar-refractivity contribution in [2.45, 2.75) is 19.8 Å². The molecule has 5 nitrogen and oxygen atoms in total. The Bertz CT molecular complexity index is 473. The van der Waals surface area contributed by atoms with Crippen LogP contribution in [0.15, 0.2) is 12.1 Å². The minimum atomic E-state index is -0.555. The minimum absolute atomic E-state index is 0.204. The van der Waals surface area contributed by atoms with Crippen LogP contribution in [-0.2, 0) is 0 Å². The van der Waals surface area contributed by atoms with Gasteiger partial charge in [-0.1, -0.05) is 0 Å². The summed E-state index contributed by atoms with van der Waals surface area (Å²) < 4.78 is 13.3. The molecule has 104 valence electrons. The molecule has 0 spiro atoms. The van der Waals surface area contributed by atoms with E-state index in [0.717, 1.165) is 25.7 Å². The number of rotatable bonds is 5. The molecular weight excluding hydrogens is 249 g/mol. The van der Waals surface area contributed by atoms with Gasteiger partial charge in [-0.05, 0) is 44.5 Å². The van der Waals surface area contributed by atoms with E-state index in [1.54, 1.807) is 6.92 Å². The molecule has 0 radical (unpaired) electrons. The average molecular weight is 267 g/mol. The number of hydrogen-bond acceptors (Lipinski definition) is 4. The van der Waals surface area contributed by atoms with Gasteiger partial charge in [-0.15, -0.1) is 0 Å². The average Bonchev–Trinajstić information content (AvgIpc) is 2.86. The van der Waals surface area contributed by atoms with Crippen molar-refractivity contribution in [1.82, 2.24) is 4.90 Å². The van der Waals surface area contributed by atoms with Crippen LogP contribution in [0.5, 0.6) is 0 Å². The number of nitro benzene ring substituents is 1. The van der Waals surface area contributed by atoms with Crippen molar-refractivity contribution in [2.24, 2.45) is 0 Å². The Morgan fingerprint density at radius 2 is 2.11 bits per heavy atom. The Kier molecular flexibility index (Phi) is 4.31. The Balaban J connectivity index is 2.01. The number of nitrogens with zero attached hydrogens (tertiary/aromatic N) is 2. The molecule has 1 heterocycles. The number of anilines is 1. The highest BCUT2D eigenvalue weighted by Gasteiger charge is 2.17. The molecular formula is C13H18FN3O2. The second-order valence-corrected chi connectivity index (χ2v) is 4.85. The molecule has 0 atom stereocenters. The number of nitrogens with one attached hydrogen (secondary N) is 1. The summed E-state index contributed by atoms with van der Waals surface area (Å²) in [4.78, 5) is 12.7. The maximum atomic E-state index is 13.3. The molecule has 0 unspecified atom stereocenters. The predicted octanol–water partition coefficient (Wildman–Crippen LogP) is 2.55. The van der Waals surface area contributed by atoms with E-state index in [1.807, 2.05) is 0 Å². The van der Waals surface area contributed by atoms with Crippen molar-refractivity contribution >= 4 is 11.4 Å². The fourth-order valence-electron chi connectivity index (χ4n) is 2.32. The molecule has 1 saturated heterocycles. The van der Waals surface area contributed by atoms with Gasteiger partial charge in [0, 0.05) is 13.1 Å². The first-order valence-electron chi connectivity index (χ1n) is 6.48. The van der Waals surface area contributed by atoms with E-state index in [-0.39, 0.29) is 5.69 Å². The first kappa shape index (κ1) is 13.7. The predicted molar refractivity (Wildman–Crippen MR) is 72.0 cm³/mol. The molecule has 2 rings (SSSR count). The largest absolute Gasteiger partial charge is 0.378 e. The highest BCUT2D eigenvalue weighted by molar-refractivity contribution is 5.63. The monoisotopic (exact) mass is 267 g/mol. The van der Waals surface area contributed by atoms with Crippen LogP contribution in [0.25, 0.3) is 0 Å². The van der Waals surface area contributed by atoms with E-state index < -0.39 is 10.7 Å². The van der Waals surface area contributed by atoms with Crippen molar-refractivity contribution in [2.75, 3.05) is 31.5 Å². The summed E-state index contributed by atoms with van der Waals surface area (Å²) in [6.07, 6.45) is 2.44. The molecule has 1 N–H and O–H groups in total. The van der Waals surface area contributed by atoms with Gasteiger partial charge in [-0.25, -0.2) is 4.39 Å². The lowest BCUT2D eigenvalue weighted by Gasteiger charge is -2.15. The zero-order chi connectivity index (χ0) is 13.8. The zero-order valence-corrected chi connectivity index (χ0v) is 11.0. The fraction of sp³-hybridized carbons (Fsp3) is 0.538. The molecule has 6 heteroatoms. The normalized spacial score (nSPS) is 15.7. The molecule has 0 amide bonds. The Morgan fingerprint density at radius 3 is 2.74 bits per heavy atom. The Morgan fingerprint density at radius 1 is 1.42 bits per heavy atom. The number of benzene rings is 1. The number of hydrogen-bond donors (Lipinski definition) is 1. The molecule has 19 heavy (non-hydrogen) atoms. The molecule has 1 aromatic carbocycles. The molecule has 1 aliphatic rings. The standard InChI is InChI=1S/C13H18FN3O2/c1-10-8-12(13(17(18)19)9-11(10)14)15-4-7-16-5-2-3-6-16/h8-9,15H,2-7H2,1H3. The van der Waals surface area contributed by atoms with Gasteiger partial charge in [0.1, 0.15) is 11.5 Å². The summed E-state index contributed by atoms with van der Waals surface area (Å²) in [6, 6.07) is 2.48. The molecule has 0 saturated carbocycles. The summed E-state index contributed by atoms with van der Waals surface area (Å²) >= 11 is 0. The molecule has 1 aliphatic heterocycles. The van der Waals surface area contributed by atoms with Gasteiger partial charge in [0.05, 0.1) is 11.0 Å². The van der Waals surface area contributed by atoms with E-state index in [2.05, 4.69) is 10.2 Å². The van der Waals surface area contributed by atoms with Crippen LogP contribution in [0.2, 0.25) is 0 Å². The Labute approximate surface area is 111 Å². The SMILES string of the molecule is Cc1cc(NCCN2CCCC2)c([N+](=O)[O-])cc1F. The van der Waals surface area contributed by atoms with Crippen LogP contribution in [0, 0.1) is 22.9 Å². The van der Waals surface area contributed by atoms with Gasteiger partial charge in [-0.2, -0.15) is 0 Å². The number of halogens is 1. The third-order valence-corrected chi connectivity index (χ3v) is 3.42. The van der Waals surface area contributed by atoms with E-state index in [4.69, 9.17) is 0 Å². The minimum Gasteiger partial charge on any atom is -0.378 e. The third kappa shape index (κ3) is 3.41. The van der Waals surface area contributed by atoms with Gasteiger partial charge in [0.25, 0.3) is 5.69 Å². The van der Waals surface area contributed by atoms with Crippen LogP contribution in [0.3, 0.4) is 0 Å². The van der Waals surface area contributed by atoms with Crippen LogP contribution in [-0.4, -0.2) is 36.0 Å². The Hall–Kier alpha value is -1.69. The van der Waals surface area contributed by atoms with Crippen LogP contribution < -0.4 is 5.32 Å². The van der Waals surface area contributed by atoms with E-state index in [1.165, 1.54) is 18.9 Å². The van der Waals surface area contributed by atoms with E-state index in [0.29, 0.717) is 17.8 Å². The molecule has 0 aliphatic carbocycles. The van der Waals surface area contributed by atoms with Gasteiger partial charge in [-0.3, -0.25) is 10.1 Å². The van der Waals surface area contributed by atoms with Gasteiger partial charge in [0.2, 0.25) is 0 Å². The maximum Gasteiger partial charge on any atom is 0.295 e. The maximum absolute atomic E-state index is 13.3. The van der Waals surface area contributed by atoms with Crippen LogP contribution >= 0.6 is 0 Å². The quantitative estimate of drug-likeness (QED) is 0.658. The van der Waals surface area contributed by atoms with Crippen molar-refractivity contribution in [3.63, 3.8) is 0 Å². The van der Waals surface area contributed by atoms with Crippen molar-refractivity contribution in [1.29, 1.82) is 0 Å². The number of aryl methyl sites for hydroxylation is 1. The second kappa shape index (κ2) is 5.97. The smallest absolute Gasteiger partial charge is 0.295 e. The summed E-state index contributed by atoms with van der Waals surface area (Å²) in [6.45, 7) is 5.27. The molecule has 0 bridgehead atoms. The molecule has 1 aromatic rings. The first-order chi connectivity index (χ1) is 9.08. The summed E-state index contributed by atoms with van der Waals surface area (Å²) in [5.41, 5.74) is 0.599. The second-order valence-electron chi connectivity index (χ2n) is 4.85. The van der Waals surface area contributed by atoms with Crippen molar-refractivity contribution in [3.8, 4) is 0 Å². The number of likely N-dealkylation sites (tertiary alicyclic amines) is 1. The third-order valence-electron chi connectivity index (χ3n) is 3.42. The first-order valence-corrected chi connectivity index (χ1v) is 6.48. The van der Waals surface area contributed by atoms with Crippen molar-refractivity contribution < 1.29 is 9.31 Å². The topological polar surface area (TPSA) is 58.4 Å². The van der Waals surface area contributed by atoms with Gasteiger partial charge in [0.15, 0.2) is 0 Å². The van der Waals surface area contributed by atoms with Gasteiger partial charge >= 0.3 is 0 Å². The highest BCUT2D eigenvalue weighted by atomic mass is 19.1. The summed E-state index contributed by atoms with van der Waals surface area (Å²) in [5, 5.41) is 13.9. The summed E-state index contributed by atoms with van der Waals surface area (Å²) in [5.74, 6) is -0.545. The van der Waals surface area contributed by atoms with E-state index >= 15 is 0 Å². The molecule has 1 fully saturated rings. The van der Waals surface area contributed by atoms with Crippen LogP contribution in [0.1, 0.15) is 18.4 Å². The lowest BCUT2D eigenvalue weighted by molar-refractivity contribution is -0.384. The van der Waals surface area contributed by atoms with Gasteiger partial charge < -0.3 is 10.2 Å². The van der Waals surface area contributed by atoms with Crippen LogP contribution in [0.4, 0.5) is 15.8 Å². The zero-order valence-electron chi connectivity index (χ0n) is 11.0. The van der Waals surface area contributed by atoms with E-state index in [9.17, 15) is 14.5 Å². The van der Waals surface area contributed by atoms with Crippen molar-refractivity contribution in [3.05, 3.63) is 33.6 Å².